The fourth-order valence-corrected chi connectivity index (χ4v) is 3.60. The van der Waals surface area contributed by atoms with E-state index in [1.807, 2.05) is 0 Å². The first-order valence-corrected chi connectivity index (χ1v) is 6.02. The van der Waals surface area contributed by atoms with Crippen LogP contribution in [0.1, 0.15) is 25.7 Å². The Kier molecular flexibility index (Phi) is 1.96. The summed E-state index contributed by atoms with van der Waals surface area (Å²) in [5.74, 6) is 0.738. The van der Waals surface area contributed by atoms with Crippen LogP contribution in [-0.4, -0.2) is 54.0 Å². The number of aliphatic imine (C=N–C) groups is 1. The Bertz CT molecular complexity index is 301. The number of fused-ring (bicyclic) bond motifs is 2. The zero-order valence-corrected chi connectivity index (χ0v) is 9.45. The topological polar surface area (TPSA) is 44.9 Å². The quantitative estimate of drug-likeness (QED) is 0.620. The lowest BCUT2D eigenvalue weighted by Crippen LogP contribution is -2.57. The summed E-state index contributed by atoms with van der Waals surface area (Å²) in [6, 6.07) is 0.695. The lowest BCUT2D eigenvalue weighted by molar-refractivity contribution is 0.108. The highest BCUT2D eigenvalue weighted by Crippen LogP contribution is 2.40. The predicted molar refractivity (Wildman–Crippen MR) is 60.8 cm³/mol. The van der Waals surface area contributed by atoms with Gasteiger partial charge in [-0.3, -0.25) is 9.89 Å². The van der Waals surface area contributed by atoms with Crippen molar-refractivity contribution in [1.82, 2.24) is 9.80 Å². The minimum absolute atomic E-state index is 0.241. The van der Waals surface area contributed by atoms with Crippen LogP contribution in [0.5, 0.6) is 0 Å². The van der Waals surface area contributed by atoms with Gasteiger partial charge in [-0.15, -0.1) is 0 Å². The molecular formula is C11H20N4. The average molecular weight is 208 g/mol. The number of nitrogens with two attached hydrogens (primary N) is 1. The third kappa shape index (κ3) is 1.14. The lowest BCUT2D eigenvalue weighted by atomic mass is 9.85. The van der Waals surface area contributed by atoms with Crippen LogP contribution >= 0.6 is 0 Å². The van der Waals surface area contributed by atoms with Crippen molar-refractivity contribution < 1.29 is 0 Å². The SMILES string of the molecule is CN1C(N)=NCC12CCN1CCCCC12. The molecular weight excluding hydrogens is 188 g/mol. The fraction of sp³-hybridized carbons (Fsp3) is 0.909. The van der Waals surface area contributed by atoms with Crippen LogP contribution in [0.25, 0.3) is 0 Å². The zero-order chi connectivity index (χ0) is 10.5. The van der Waals surface area contributed by atoms with E-state index in [0.717, 1.165) is 12.5 Å². The molecule has 4 heteroatoms. The van der Waals surface area contributed by atoms with Gasteiger partial charge in [-0.1, -0.05) is 6.42 Å². The molecule has 15 heavy (non-hydrogen) atoms. The van der Waals surface area contributed by atoms with E-state index in [2.05, 4.69) is 21.8 Å². The second-order valence-corrected chi connectivity index (χ2v) is 5.13. The first kappa shape index (κ1) is 9.46. The highest BCUT2D eigenvalue weighted by Gasteiger charge is 2.53. The molecule has 0 aromatic rings. The highest BCUT2D eigenvalue weighted by atomic mass is 15.4. The van der Waals surface area contributed by atoms with Crippen molar-refractivity contribution in [2.45, 2.75) is 37.3 Å². The third-order valence-corrected chi connectivity index (χ3v) is 4.59. The van der Waals surface area contributed by atoms with Crippen LogP contribution in [0.3, 0.4) is 0 Å². The molecule has 4 nitrogen and oxygen atoms in total. The Hall–Kier alpha value is -0.770. The molecule has 3 aliphatic rings. The Morgan fingerprint density at radius 1 is 1.40 bits per heavy atom. The second-order valence-electron chi connectivity index (χ2n) is 5.13. The molecule has 0 aliphatic carbocycles. The number of hydrogen-bond acceptors (Lipinski definition) is 4. The van der Waals surface area contributed by atoms with Crippen molar-refractivity contribution in [2.75, 3.05) is 26.7 Å². The molecule has 1 spiro atoms. The number of piperidine rings is 1. The molecule has 0 saturated carbocycles. The maximum Gasteiger partial charge on any atom is 0.191 e. The van der Waals surface area contributed by atoms with Gasteiger partial charge in [0.15, 0.2) is 5.96 Å². The van der Waals surface area contributed by atoms with E-state index in [4.69, 9.17) is 5.73 Å². The summed E-state index contributed by atoms with van der Waals surface area (Å²) in [6.07, 6.45) is 5.30. The number of nitrogens with zero attached hydrogens (tertiary/aromatic N) is 3. The Labute approximate surface area is 91.1 Å². The number of rotatable bonds is 0. The molecule has 3 rings (SSSR count). The van der Waals surface area contributed by atoms with E-state index in [-0.39, 0.29) is 5.54 Å². The molecule has 2 N–H and O–H groups in total. The van der Waals surface area contributed by atoms with Gasteiger partial charge >= 0.3 is 0 Å². The highest BCUT2D eigenvalue weighted by molar-refractivity contribution is 5.81. The smallest absolute Gasteiger partial charge is 0.191 e. The molecule has 0 amide bonds. The molecule has 2 atom stereocenters. The van der Waals surface area contributed by atoms with Crippen molar-refractivity contribution in [3.05, 3.63) is 0 Å². The van der Waals surface area contributed by atoms with Crippen molar-refractivity contribution in [3.8, 4) is 0 Å². The summed E-state index contributed by atoms with van der Waals surface area (Å²) in [7, 11) is 2.12. The van der Waals surface area contributed by atoms with Gasteiger partial charge in [0.1, 0.15) is 0 Å². The molecule has 2 fully saturated rings. The average Bonchev–Trinajstić information content (AvgIpc) is 2.77. The normalized spacial score (nSPS) is 41.0. The summed E-state index contributed by atoms with van der Waals surface area (Å²) < 4.78 is 0. The minimum Gasteiger partial charge on any atom is -0.370 e. The largest absolute Gasteiger partial charge is 0.370 e. The monoisotopic (exact) mass is 208 g/mol. The number of hydrogen-bond donors (Lipinski definition) is 1. The molecule has 0 bridgehead atoms. The van der Waals surface area contributed by atoms with Gasteiger partial charge in [0.05, 0.1) is 12.1 Å². The first-order valence-electron chi connectivity index (χ1n) is 6.02. The molecule has 0 aromatic heterocycles. The van der Waals surface area contributed by atoms with Crippen molar-refractivity contribution in [3.63, 3.8) is 0 Å². The summed E-state index contributed by atoms with van der Waals surface area (Å²) >= 11 is 0. The Morgan fingerprint density at radius 3 is 3.00 bits per heavy atom. The molecule has 3 aliphatic heterocycles. The summed E-state index contributed by atoms with van der Waals surface area (Å²) in [4.78, 5) is 9.32. The summed E-state index contributed by atoms with van der Waals surface area (Å²) in [6.45, 7) is 3.43. The van der Waals surface area contributed by atoms with Gasteiger partial charge < -0.3 is 10.6 Å². The predicted octanol–water partition coefficient (Wildman–Crippen LogP) is 0.244. The third-order valence-electron chi connectivity index (χ3n) is 4.59. The van der Waals surface area contributed by atoms with E-state index in [1.165, 1.54) is 38.8 Å². The van der Waals surface area contributed by atoms with Crippen LogP contribution in [0.4, 0.5) is 0 Å². The van der Waals surface area contributed by atoms with E-state index >= 15 is 0 Å². The van der Waals surface area contributed by atoms with Gasteiger partial charge in [0.2, 0.25) is 0 Å². The standard InChI is InChI=1S/C11H20N4/c1-14-10(12)13-8-11(14)5-7-15-6-3-2-4-9(11)15/h9H,2-8H2,1H3,(H2,12,13). The van der Waals surface area contributed by atoms with Gasteiger partial charge in [0, 0.05) is 19.6 Å². The second kappa shape index (κ2) is 3.11. The van der Waals surface area contributed by atoms with E-state index < -0.39 is 0 Å². The van der Waals surface area contributed by atoms with Crippen LogP contribution in [-0.2, 0) is 0 Å². The molecule has 2 unspecified atom stereocenters. The van der Waals surface area contributed by atoms with Crippen LogP contribution in [0, 0.1) is 0 Å². The minimum atomic E-state index is 0.241. The van der Waals surface area contributed by atoms with E-state index in [1.54, 1.807) is 0 Å². The van der Waals surface area contributed by atoms with Crippen LogP contribution < -0.4 is 5.73 Å². The lowest BCUT2D eigenvalue weighted by Gasteiger charge is -2.42. The van der Waals surface area contributed by atoms with E-state index in [9.17, 15) is 0 Å². The van der Waals surface area contributed by atoms with Crippen LogP contribution in [0.15, 0.2) is 4.99 Å². The fourth-order valence-electron chi connectivity index (χ4n) is 3.60. The van der Waals surface area contributed by atoms with Gasteiger partial charge in [-0.05, 0) is 25.8 Å². The molecule has 0 radical (unpaired) electrons. The Morgan fingerprint density at radius 2 is 2.27 bits per heavy atom. The van der Waals surface area contributed by atoms with Crippen LogP contribution in [0.2, 0.25) is 0 Å². The molecule has 84 valence electrons. The summed E-state index contributed by atoms with van der Waals surface area (Å²) in [5, 5.41) is 0. The molecule has 3 heterocycles. The maximum absolute atomic E-state index is 5.91. The first-order chi connectivity index (χ1) is 7.24. The van der Waals surface area contributed by atoms with Gasteiger partial charge in [0.25, 0.3) is 0 Å². The zero-order valence-electron chi connectivity index (χ0n) is 9.45. The number of likely N-dealkylation sites (N-methyl/N-ethyl adjacent to an activating group) is 1. The van der Waals surface area contributed by atoms with Crippen molar-refractivity contribution in [1.29, 1.82) is 0 Å². The number of guanidine groups is 1. The Balaban J connectivity index is 1.88. The van der Waals surface area contributed by atoms with Gasteiger partial charge in [-0.25, -0.2) is 0 Å². The van der Waals surface area contributed by atoms with E-state index in [0.29, 0.717) is 6.04 Å². The van der Waals surface area contributed by atoms with Crippen molar-refractivity contribution in [2.24, 2.45) is 10.7 Å². The maximum atomic E-state index is 5.91. The van der Waals surface area contributed by atoms with Gasteiger partial charge in [-0.2, -0.15) is 0 Å². The molecule has 0 aromatic carbocycles. The molecule has 2 saturated heterocycles. The van der Waals surface area contributed by atoms with Crippen molar-refractivity contribution >= 4 is 5.96 Å². The summed E-state index contributed by atoms with van der Waals surface area (Å²) in [5.41, 5.74) is 6.15.